The SMILES string of the molecule is CC(C)OC[C@@]12COC([C@H](N)O1)[C@H]2OC(C)C. The molecule has 100 valence electrons. The van der Waals surface area contributed by atoms with Gasteiger partial charge in [0.2, 0.25) is 0 Å². The average molecular weight is 245 g/mol. The van der Waals surface area contributed by atoms with Crippen LogP contribution in [0.3, 0.4) is 0 Å². The van der Waals surface area contributed by atoms with Crippen molar-refractivity contribution in [3.63, 3.8) is 0 Å². The quantitative estimate of drug-likeness (QED) is 0.771. The van der Waals surface area contributed by atoms with Crippen molar-refractivity contribution in [1.29, 1.82) is 0 Å². The fourth-order valence-corrected chi connectivity index (χ4v) is 2.37. The van der Waals surface area contributed by atoms with Crippen molar-refractivity contribution in [3.05, 3.63) is 0 Å². The van der Waals surface area contributed by atoms with Crippen LogP contribution < -0.4 is 5.73 Å². The van der Waals surface area contributed by atoms with Crippen LogP contribution in [0.1, 0.15) is 27.7 Å². The monoisotopic (exact) mass is 245 g/mol. The molecule has 0 saturated carbocycles. The fourth-order valence-electron chi connectivity index (χ4n) is 2.37. The van der Waals surface area contributed by atoms with Crippen LogP contribution in [-0.2, 0) is 18.9 Å². The second-order valence-electron chi connectivity index (χ2n) is 5.39. The number of ether oxygens (including phenoxy) is 4. The van der Waals surface area contributed by atoms with Gasteiger partial charge in [-0.3, -0.25) is 0 Å². The molecule has 1 unspecified atom stereocenters. The predicted octanol–water partition coefficient (Wildman–Crippen LogP) is 0.658. The molecule has 17 heavy (non-hydrogen) atoms. The minimum Gasteiger partial charge on any atom is -0.376 e. The lowest BCUT2D eigenvalue weighted by molar-refractivity contribution is -0.177. The third-order valence-electron chi connectivity index (χ3n) is 3.11. The Morgan fingerprint density at radius 3 is 2.53 bits per heavy atom. The van der Waals surface area contributed by atoms with Gasteiger partial charge in [0, 0.05) is 0 Å². The van der Waals surface area contributed by atoms with Crippen LogP contribution in [0.15, 0.2) is 0 Å². The molecule has 0 aromatic heterocycles. The molecular weight excluding hydrogens is 222 g/mol. The Morgan fingerprint density at radius 1 is 1.29 bits per heavy atom. The standard InChI is InChI=1S/C12H23NO4/c1-7(2)14-5-12-6-15-9(11(13)17-12)10(12)16-8(3)4/h7-11H,5-6,13H2,1-4H3/t9?,10-,11-,12+/m1/s1. The molecule has 2 fully saturated rings. The van der Waals surface area contributed by atoms with E-state index in [2.05, 4.69) is 0 Å². The first kappa shape index (κ1) is 13.2. The van der Waals surface area contributed by atoms with E-state index < -0.39 is 11.8 Å². The normalized spacial score (nSPS) is 40.8. The van der Waals surface area contributed by atoms with Gasteiger partial charge in [-0.1, -0.05) is 0 Å². The smallest absolute Gasteiger partial charge is 0.145 e. The van der Waals surface area contributed by atoms with Crippen LogP contribution >= 0.6 is 0 Å². The highest BCUT2D eigenvalue weighted by molar-refractivity contribution is 5.08. The Hall–Kier alpha value is -0.200. The number of rotatable bonds is 5. The van der Waals surface area contributed by atoms with Crippen molar-refractivity contribution in [1.82, 2.24) is 0 Å². The molecule has 0 spiro atoms. The van der Waals surface area contributed by atoms with Crippen molar-refractivity contribution in [3.8, 4) is 0 Å². The first-order chi connectivity index (χ1) is 7.94. The molecule has 2 rings (SSSR count). The summed E-state index contributed by atoms with van der Waals surface area (Å²) in [5.41, 5.74) is 5.37. The van der Waals surface area contributed by atoms with Gasteiger partial charge in [-0.05, 0) is 27.7 Å². The van der Waals surface area contributed by atoms with Gasteiger partial charge in [0.15, 0.2) is 0 Å². The van der Waals surface area contributed by atoms with Gasteiger partial charge in [-0.15, -0.1) is 0 Å². The summed E-state index contributed by atoms with van der Waals surface area (Å²) in [5.74, 6) is 0. The predicted molar refractivity (Wildman–Crippen MR) is 62.6 cm³/mol. The molecule has 2 saturated heterocycles. The Morgan fingerprint density at radius 2 is 2.00 bits per heavy atom. The van der Waals surface area contributed by atoms with Crippen molar-refractivity contribution in [2.24, 2.45) is 5.73 Å². The summed E-state index contributed by atoms with van der Waals surface area (Å²) in [4.78, 5) is 0. The zero-order chi connectivity index (χ0) is 12.6. The zero-order valence-electron chi connectivity index (χ0n) is 11.0. The van der Waals surface area contributed by atoms with Gasteiger partial charge in [0.05, 0.1) is 25.4 Å². The minimum atomic E-state index is -0.529. The van der Waals surface area contributed by atoms with Gasteiger partial charge in [0.25, 0.3) is 0 Å². The third kappa shape index (κ3) is 2.48. The summed E-state index contributed by atoms with van der Waals surface area (Å²) >= 11 is 0. The molecule has 4 atom stereocenters. The van der Waals surface area contributed by atoms with E-state index >= 15 is 0 Å². The molecule has 2 heterocycles. The van der Waals surface area contributed by atoms with E-state index in [1.54, 1.807) is 0 Å². The van der Waals surface area contributed by atoms with Gasteiger partial charge in [-0.2, -0.15) is 0 Å². The number of hydrogen-bond acceptors (Lipinski definition) is 5. The highest BCUT2D eigenvalue weighted by Gasteiger charge is 2.61. The summed E-state index contributed by atoms with van der Waals surface area (Å²) in [6.07, 6.45) is -0.437. The maximum atomic E-state index is 5.89. The molecule has 0 aliphatic carbocycles. The number of hydrogen-bond donors (Lipinski definition) is 1. The molecule has 2 N–H and O–H groups in total. The first-order valence-corrected chi connectivity index (χ1v) is 6.27. The van der Waals surface area contributed by atoms with Gasteiger partial charge in [0.1, 0.15) is 24.0 Å². The molecule has 5 nitrogen and oxygen atoms in total. The maximum absolute atomic E-state index is 5.89. The topological polar surface area (TPSA) is 62.9 Å². The van der Waals surface area contributed by atoms with E-state index in [-0.39, 0.29) is 24.4 Å². The number of nitrogens with two attached hydrogens (primary N) is 1. The molecule has 0 amide bonds. The lowest BCUT2D eigenvalue weighted by atomic mass is 10.00. The highest BCUT2D eigenvalue weighted by Crippen LogP contribution is 2.41. The maximum Gasteiger partial charge on any atom is 0.145 e. The second-order valence-corrected chi connectivity index (χ2v) is 5.39. The van der Waals surface area contributed by atoms with Crippen molar-refractivity contribution in [2.75, 3.05) is 13.2 Å². The van der Waals surface area contributed by atoms with Gasteiger partial charge < -0.3 is 24.7 Å². The van der Waals surface area contributed by atoms with Gasteiger partial charge in [-0.25, -0.2) is 0 Å². The van der Waals surface area contributed by atoms with E-state index in [4.69, 9.17) is 24.7 Å². The van der Waals surface area contributed by atoms with Crippen LogP contribution in [0, 0.1) is 0 Å². The summed E-state index contributed by atoms with van der Waals surface area (Å²) in [7, 11) is 0. The first-order valence-electron chi connectivity index (χ1n) is 6.27. The molecule has 2 aliphatic heterocycles. The van der Waals surface area contributed by atoms with E-state index in [1.165, 1.54) is 0 Å². The lowest BCUT2D eigenvalue weighted by Gasteiger charge is -2.31. The summed E-state index contributed by atoms with van der Waals surface area (Å²) < 4.78 is 23.0. The lowest BCUT2D eigenvalue weighted by Crippen LogP contribution is -2.48. The Kier molecular flexibility index (Phi) is 3.75. The Bertz CT molecular complexity index is 271. The Balaban J connectivity index is 2.07. The van der Waals surface area contributed by atoms with Crippen molar-refractivity contribution >= 4 is 0 Å². The Labute approximate surface area is 103 Å². The molecule has 2 aliphatic rings. The molecule has 0 aromatic rings. The summed E-state index contributed by atoms with van der Waals surface area (Å²) in [6, 6.07) is 0. The summed E-state index contributed by atoms with van der Waals surface area (Å²) in [5, 5.41) is 0. The van der Waals surface area contributed by atoms with Gasteiger partial charge >= 0.3 is 0 Å². The molecule has 5 heteroatoms. The number of fused-ring (bicyclic) bond motifs is 2. The molecule has 2 bridgehead atoms. The molecular formula is C12H23NO4. The van der Waals surface area contributed by atoms with Crippen LogP contribution in [0.5, 0.6) is 0 Å². The van der Waals surface area contributed by atoms with Crippen molar-refractivity contribution < 1.29 is 18.9 Å². The minimum absolute atomic E-state index is 0.122. The van der Waals surface area contributed by atoms with E-state index in [0.29, 0.717) is 13.2 Å². The largest absolute Gasteiger partial charge is 0.376 e. The highest BCUT2D eigenvalue weighted by atomic mass is 16.7. The van der Waals surface area contributed by atoms with Crippen LogP contribution in [0.25, 0.3) is 0 Å². The van der Waals surface area contributed by atoms with Crippen molar-refractivity contribution in [2.45, 2.75) is 63.9 Å². The molecule has 0 radical (unpaired) electrons. The zero-order valence-corrected chi connectivity index (χ0v) is 11.0. The van der Waals surface area contributed by atoms with Crippen LogP contribution in [0.2, 0.25) is 0 Å². The van der Waals surface area contributed by atoms with E-state index in [9.17, 15) is 0 Å². The van der Waals surface area contributed by atoms with Crippen LogP contribution in [0.4, 0.5) is 0 Å². The second kappa shape index (κ2) is 4.82. The van der Waals surface area contributed by atoms with E-state index in [0.717, 1.165) is 0 Å². The summed E-state index contributed by atoms with van der Waals surface area (Å²) in [6.45, 7) is 8.95. The third-order valence-corrected chi connectivity index (χ3v) is 3.11. The van der Waals surface area contributed by atoms with Crippen LogP contribution in [-0.4, -0.2) is 49.5 Å². The van der Waals surface area contributed by atoms with E-state index in [1.807, 2.05) is 27.7 Å². The average Bonchev–Trinajstić information content (AvgIpc) is 2.67. The fraction of sp³-hybridized carbons (Fsp3) is 1.00. The molecule has 0 aromatic carbocycles.